The molecule has 1 saturated heterocycles. The fourth-order valence-corrected chi connectivity index (χ4v) is 5.16. The molecule has 0 aliphatic carbocycles. The minimum absolute atomic E-state index is 0.0486. The third-order valence-electron chi connectivity index (χ3n) is 7.05. The highest BCUT2D eigenvalue weighted by Gasteiger charge is 2.25. The normalized spacial score (nSPS) is 14.2. The fourth-order valence-electron chi connectivity index (χ4n) is 4.79. The first kappa shape index (κ1) is 25.3. The van der Waals surface area contributed by atoms with Crippen LogP contribution in [0.2, 0.25) is 0 Å². The molecule has 4 aromatic rings. The topological polar surface area (TPSA) is 45.7 Å². The second kappa shape index (κ2) is 10.2. The van der Waals surface area contributed by atoms with Crippen LogP contribution in [0.3, 0.4) is 0 Å². The number of benzene rings is 3. The van der Waals surface area contributed by atoms with Crippen molar-refractivity contribution < 1.29 is 9.53 Å². The SMILES string of the molecule is COc1ccc(N2CCN(C(=O)c3cc(-c4ccc(C(C)(C)C)cc4)nc4ccc(Br)cc34)CC2)cc1. The number of methoxy groups -OCH3 is 1. The maximum atomic E-state index is 13.9. The molecule has 0 N–H and O–H groups in total. The number of amides is 1. The summed E-state index contributed by atoms with van der Waals surface area (Å²) in [7, 11) is 1.67. The number of nitrogens with zero attached hydrogens (tertiary/aromatic N) is 3. The average molecular weight is 559 g/mol. The second-order valence-electron chi connectivity index (χ2n) is 10.5. The second-order valence-corrected chi connectivity index (χ2v) is 11.4. The summed E-state index contributed by atoms with van der Waals surface area (Å²) in [5, 5.41) is 0.868. The molecule has 0 spiro atoms. The molecule has 37 heavy (non-hydrogen) atoms. The third kappa shape index (κ3) is 5.35. The van der Waals surface area contributed by atoms with Crippen LogP contribution in [0.4, 0.5) is 5.69 Å². The van der Waals surface area contributed by atoms with E-state index < -0.39 is 0 Å². The van der Waals surface area contributed by atoms with Gasteiger partial charge in [-0.2, -0.15) is 0 Å². The number of aromatic nitrogens is 1. The quantitative estimate of drug-likeness (QED) is 0.273. The van der Waals surface area contributed by atoms with E-state index in [4.69, 9.17) is 9.72 Å². The van der Waals surface area contributed by atoms with Gasteiger partial charge in [0.05, 0.1) is 23.9 Å². The Hall–Kier alpha value is -3.38. The summed E-state index contributed by atoms with van der Waals surface area (Å²) in [5.74, 6) is 0.893. The number of piperazine rings is 1. The first-order chi connectivity index (χ1) is 17.7. The maximum Gasteiger partial charge on any atom is 0.254 e. The Bertz CT molecular complexity index is 1420. The van der Waals surface area contributed by atoms with Crippen molar-refractivity contribution in [3.8, 4) is 17.0 Å². The average Bonchev–Trinajstić information content (AvgIpc) is 2.92. The number of hydrogen-bond donors (Lipinski definition) is 0. The van der Waals surface area contributed by atoms with Crippen LogP contribution in [-0.2, 0) is 5.41 Å². The van der Waals surface area contributed by atoms with Gasteiger partial charge in [0.2, 0.25) is 0 Å². The van der Waals surface area contributed by atoms with Gasteiger partial charge in [0.25, 0.3) is 5.91 Å². The lowest BCUT2D eigenvalue weighted by molar-refractivity contribution is 0.0748. The molecule has 5 nitrogen and oxygen atoms in total. The van der Waals surface area contributed by atoms with Crippen LogP contribution in [0.15, 0.2) is 77.3 Å². The predicted molar refractivity (Wildman–Crippen MR) is 155 cm³/mol. The monoisotopic (exact) mass is 557 g/mol. The van der Waals surface area contributed by atoms with Crippen molar-refractivity contribution in [3.63, 3.8) is 0 Å². The zero-order valence-corrected chi connectivity index (χ0v) is 23.4. The molecule has 1 aliphatic heterocycles. The van der Waals surface area contributed by atoms with Crippen LogP contribution in [0.5, 0.6) is 5.75 Å². The molecule has 0 radical (unpaired) electrons. The van der Waals surface area contributed by atoms with Gasteiger partial charge in [-0.1, -0.05) is 61.0 Å². The van der Waals surface area contributed by atoms with E-state index in [0.717, 1.165) is 51.2 Å². The van der Waals surface area contributed by atoms with Crippen molar-refractivity contribution in [2.24, 2.45) is 0 Å². The van der Waals surface area contributed by atoms with Crippen LogP contribution < -0.4 is 9.64 Å². The number of rotatable bonds is 4. The van der Waals surface area contributed by atoms with Crippen LogP contribution in [0.1, 0.15) is 36.7 Å². The molecule has 190 valence electrons. The van der Waals surface area contributed by atoms with Crippen LogP contribution >= 0.6 is 15.9 Å². The Balaban J connectivity index is 1.43. The van der Waals surface area contributed by atoms with Crippen LogP contribution in [0.25, 0.3) is 22.2 Å². The zero-order chi connectivity index (χ0) is 26.2. The summed E-state index contributed by atoms with van der Waals surface area (Å²) in [5.41, 5.74) is 5.84. The summed E-state index contributed by atoms with van der Waals surface area (Å²) in [4.78, 5) is 23.1. The van der Waals surface area contributed by atoms with Gasteiger partial charge in [-0.3, -0.25) is 4.79 Å². The van der Waals surface area contributed by atoms with E-state index in [1.165, 1.54) is 5.56 Å². The van der Waals surface area contributed by atoms with Gasteiger partial charge < -0.3 is 14.5 Å². The van der Waals surface area contributed by atoms with Gasteiger partial charge in [-0.05, 0) is 59.5 Å². The van der Waals surface area contributed by atoms with Gasteiger partial charge in [-0.15, -0.1) is 0 Å². The summed E-state index contributed by atoms with van der Waals surface area (Å²) in [6.45, 7) is 9.52. The smallest absolute Gasteiger partial charge is 0.254 e. The summed E-state index contributed by atoms with van der Waals surface area (Å²) >= 11 is 3.58. The Labute approximate surface area is 227 Å². The van der Waals surface area contributed by atoms with Gasteiger partial charge >= 0.3 is 0 Å². The molecule has 5 rings (SSSR count). The van der Waals surface area contributed by atoms with Crippen LogP contribution in [0, 0.1) is 0 Å². The number of hydrogen-bond acceptors (Lipinski definition) is 4. The molecule has 1 aliphatic rings. The highest BCUT2D eigenvalue weighted by molar-refractivity contribution is 9.10. The van der Waals surface area contributed by atoms with E-state index in [1.807, 2.05) is 41.3 Å². The molecule has 2 heterocycles. The molecule has 1 aromatic heterocycles. The van der Waals surface area contributed by atoms with E-state index in [9.17, 15) is 4.79 Å². The van der Waals surface area contributed by atoms with E-state index >= 15 is 0 Å². The minimum Gasteiger partial charge on any atom is -0.497 e. The van der Waals surface area contributed by atoms with Gasteiger partial charge in [0.15, 0.2) is 0 Å². The third-order valence-corrected chi connectivity index (χ3v) is 7.55. The molecular formula is C31H32BrN3O2. The van der Waals surface area contributed by atoms with Crippen molar-refractivity contribution in [2.45, 2.75) is 26.2 Å². The molecule has 6 heteroatoms. The first-order valence-corrected chi connectivity index (χ1v) is 13.4. The Kier molecular flexibility index (Phi) is 6.95. The number of carbonyl (C=O) groups is 1. The van der Waals surface area contributed by atoms with E-state index in [0.29, 0.717) is 18.7 Å². The fraction of sp³-hybridized carbons (Fsp3) is 0.290. The number of anilines is 1. The lowest BCUT2D eigenvalue weighted by Gasteiger charge is -2.36. The van der Waals surface area contributed by atoms with E-state index in [-0.39, 0.29) is 11.3 Å². The number of ether oxygens (including phenoxy) is 1. The Morgan fingerprint density at radius 1 is 0.892 bits per heavy atom. The highest BCUT2D eigenvalue weighted by Crippen LogP contribution is 2.30. The lowest BCUT2D eigenvalue weighted by atomic mass is 9.86. The Morgan fingerprint density at radius 2 is 1.57 bits per heavy atom. The molecule has 1 fully saturated rings. The largest absolute Gasteiger partial charge is 0.497 e. The Morgan fingerprint density at radius 3 is 2.19 bits per heavy atom. The number of carbonyl (C=O) groups excluding carboxylic acids is 1. The van der Waals surface area contributed by atoms with Crippen molar-refractivity contribution >= 4 is 38.4 Å². The van der Waals surface area contributed by atoms with Crippen molar-refractivity contribution in [1.82, 2.24) is 9.88 Å². The van der Waals surface area contributed by atoms with Crippen molar-refractivity contribution in [2.75, 3.05) is 38.2 Å². The number of fused-ring (bicyclic) bond motifs is 1. The standard InChI is InChI=1S/C31H32BrN3O2/c1-31(2,3)22-7-5-21(6-8-22)29-20-27(26-19-23(32)9-14-28(26)33-29)30(36)35-17-15-34(16-18-35)24-10-12-25(37-4)13-11-24/h5-14,19-20H,15-18H2,1-4H3. The summed E-state index contributed by atoms with van der Waals surface area (Å²) in [6, 6.07) is 24.5. The number of halogens is 1. The van der Waals surface area contributed by atoms with E-state index in [1.54, 1.807) is 7.11 Å². The van der Waals surface area contributed by atoms with Gasteiger partial charge in [0, 0.05) is 47.3 Å². The molecular weight excluding hydrogens is 526 g/mol. The van der Waals surface area contributed by atoms with Crippen molar-refractivity contribution in [1.29, 1.82) is 0 Å². The molecule has 1 amide bonds. The highest BCUT2D eigenvalue weighted by atomic mass is 79.9. The summed E-state index contributed by atoms with van der Waals surface area (Å²) < 4.78 is 6.21. The maximum absolute atomic E-state index is 13.9. The van der Waals surface area contributed by atoms with Crippen LogP contribution in [-0.4, -0.2) is 49.1 Å². The van der Waals surface area contributed by atoms with Crippen molar-refractivity contribution in [3.05, 3.63) is 88.4 Å². The number of pyridine rings is 1. The lowest BCUT2D eigenvalue weighted by Crippen LogP contribution is -2.48. The molecule has 0 saturated carbocycles. The van der Waals surface area contributed by atoms with Gasteiger partial charge in [-0.25, -0.2) is 4.98 Å². The predicted octanol–water partition coefficient (Wildman–Crippen LogP) is 6.93. The molecule has 3 aromatic carbocycles. The molecule has 0 bridgehead atoms. The summed E-state index contributed by atoms with van der Waals surface area (Å²) in [6.07, 6.45) is 0. The molecule has 0 atom stereocenters. The molecule has 0 unspecified atom stereocenters. The zero-order valence-electron chi connectivity index (χ0n) is 21.8. The first-order valence-electron chi connectivity index (χ1n) is 12.6. The van der Waals surface area contributed by atoms with Gasteiger partial charge in [0.1, 0.15) is 5.75 Å². The minimum atomic E-state index is 0.0486. The van der Waals surface area contributed by atoms with E-state index in [2.05, 4.69) is 78.0 Å².